The van der Waals surface area contributed by atoms with E-state index in [2.05, 4.69) is 20.6 Å². The summed E-state index contributed by atoms with van der Waals surface area (Å²) in [4.78, 5) is 44.6. The van der Waals surface area contributed by atoms with E-state index in [9.17, 15) is 19.5 Å². The maximum Gasteiger partial charge on any atom is 0.323 e. The van der Waals surface area contributed by atoms with Crippen LogP contribution in [0.1, 0.15) is 5.69 Å². The van der Waals surface area contributed by atoms with Crippen LogP contribution in [-0.4, -0.2) is 47.7 Å². The number of nitrogens with zero attached hydrogens (tertiary/aromatic N) is 3. The van der Waals surface area contributed by atoms with Crippen molar-refractivity contribution in [1.29, 1.82) is 0 Å². The van der Waals surface area contributed by atoms with E-state index < -0.39 is 5.97 Å². The third-order valence-corrected chi connectivity index (χ3v) is 4.70. The SMILES string of the molecule is O=COCN(CC(=O)O)c1cccc2ccc(/C=C3\N=C(Nc4ccccc4)NC3=O)nc12. The number of pyridine rings is 1. The summed E-state index contributed by atoms with van der Waals surface area (Å²) in [7, 11) is 0. The zero-order valence-corrected chi connectivity index (χ0v) is 17.3. The Kier molecular flexibility index (Phi) is 6.26. The Labute approximate surface area is 188 Å². The predicted molar refractivity (Wildman–Crippen MR) is 122 cm³/mol. The van der Waals surface area contributed by atoms with Gasteiger partial charge in [-0.3, -0.25) is 19.7 Å². The van der Waals surface area contributed by atoms with Gasteiger partial charge in [-0.1, -0.05) is 36.4 Å². The molecule has 0 fully saturated rings. The fourth-order valence-corrected chi connectivity index (χ4v) is 3.29. The minimum atomic E-state index is -1.09. The molecule has 4 rings (SSSR count). The van der Waals surface area contributed by atoms with E-state index in [0.717, 1.165) is 11.1 Å². The number of hydrogen-bond acceptors (Lipinski definition) is 8. The number of carbonyl (C=O) groups excluding carboxylic acids is 2. The second kappa shape index (κ2) is 9.60. The van der Waals surface area contributed by atoms with Crippen molar-refractivity contribution in [3.63, 3.8) is 0 Å². The number of nitrogens with one attached hydrogen (secondary N) is 2. The van der Waals surface area contributed by atoms with Gasteiger partial charge in [0.1, 0.15) is 12.2 Å². The molecule has 0 aliphatic carbocycles. The number of amides is 1. The molecule has 33 heavy (non-hydrogen) atoms. The summed E-state index contributed by atoms with van der Waals surface area (Å²) in [6.07, 6.45) is 1.54. The molecular formula is C23H19N5O5. The molecule has 0 spiro atoms. The summed E-state index contributed by atoms with van der Waals surface area (Å²) in [5, 5.41) is 15.7. The number of ether oxygens (including phenoxy) is 1. The van der Waals surface area contributed by atoms with E-state index in [1.807, 2.05) is 36.4 Å². The van der Waals surface area contributed by atoms with Gasteiger partial charge in [-0.25, -0.2) is 9.98 Å². The first-order chi connectivity index (χ1) is 16.0. The van der Waals surface area contributed by atoms with Crippen molar-refractivity contribution < 1.29 is 24.2 Å². The minimum Gasteiger partial charge on any atom is -0.480 e. The van der Waals surface area contributed by atoms with Crippen molar-refractivity contribution in [2.24, 2.45) is 4.99 Å². The first kappa shape index (κ1) is 21.5. The molecule has 10 heteroatoms. The number of hydrogen-bond donors (Lipinski definition) is 3. The second-order valence-corrected chi connectivity index (χ2v) is 7.00. The average molecular weight is 445 g/mol. The standard InChI is InChI=1S/C23H19N5O5/c29-14-33-13-28(12-20(30)31)19-8-4-5-15-9-10-17(24-21(15)19)11-18-22(32)27-23(26-18)25-16-6-2-1-3-7-16/h1-11,14H,12-13H2,(H,30,31)(H2,25,26,27,32)/b18-11-. The highest BCUT2D eigenvalue weighted by Crippen LogP contribution is 2.26. The topological polar surface area (TPSA) is 133 Å². The second-order valence-electron chi connectivity index (χ2n) is 7.00. The van der Waals surface area contributed by atoms with Crippen LogP contribution in [0.15, 0.2) is 71.4 Å². The average Bonchev–Trinajstić information content (AvgIpc) is 3.15. The zero-order valence-electron chi connectivity index (χ0n) is 17.3. The molecule has 0 bridgehead atoms. The van der Waals surface area contributed by atoms with Gasteiger partial charge in [0.05, 0.1) is 16.9 Å². The van der Waals surface area contributed by atoms with Gasteiger partial charge in [0.15, 0.2) is 6.73 Å². The number of rotatable bonds is 8. The van der Waals surface area contributed by atoms with Crippen molar-refractivity contribution in [2.75, 3.05) is 23.5 Å². The molecule has 0 unspecified atom stereocenters. The summed E-state index contributed by atoms with van der Waals surface area (Å²) in [6.45, 7) is -0.384. The largest absolute Gasteiger partial charge is 0.480 e. The van der Waals surface area contributed by atoms with E-state index in [1.165, 1.54) is 11.0 Å². The molecule has 1 aliphatic rings. The number of anilines is 2. The Hall–Kier alpha value is -4.73. The van der Waals surface area contributed by atoms with Crippen LogP contribution >= 0.6 is 0 Å². The number of benzene rings is 2. The summed E-state index contributed by atoms with van der Waals surface area (Å²) in [5.74, 6) is -1.16. The maximum absolute atomic E-state index is 12.4. The van der Waals surface area contributed by atoms with Crippen LogP contribution < -0.4 is 15.5 Å². The maximum atomic E-state index is 12.4. The fraction of sp³-hybridized carbons (Fsp3) is 0.0870. The smallest absolute Gasteiger partial charge is 0.323 e. The molecule has 1 amide bonds. The number of aliphatic imine (C=N–C) groups is 1. The number of guanidine groups is 1. The summed E-state index contributed by atoms with van der Waals surface area (Å²) < 4.78 is 4.78. The summed E-state index contributed by atoms with van der Waals surface area (Å²) in [5.41, 5.74) is 2.37. The molecule has 0 radical (unpaired) electrons. The molecule has 0 saturated heterocycles. The van der Waals surface area contributed by atoms with Gasteiger partial charge in [0.2, 0.25) is 5.96 Å². The molecule has 2 aromatic carbocycles. The molecule has 10 nitrogen and oxygen atoms in total. The van der Waals surface area contributed by atoms with E-state index >= 15 is 0 Å². The lowest BCUT2D eigenvalue weighted by atomic mass is 10.1. The number of carboxylic acid groups (broad SMARTS) is 1. The van der Waals surface area contributed by atoms with E-state index in [-0.39, 0.29) is 31.4 Å². The van der Waals surface area contributed by atoms with Gasteiger partial charge in [-0.15, -0.1) is 0 Å². The highest BCUT2D eigenvalue weighted by molar-refractivity contribution is 6.17. The van der Waals surface area contributed by atoms with Gasteiger partial charge >= 0.3 is 5.97 Å². The predicted octanol–water partition coefficient (Wildman–Crippen LogP) is 2.20. The molecule has 0 saturated carbocycles. The third-order valence-electron chi connectivity index (χ3n) is 4.70. The van der Waals surface area contributed by atoms with Crippen LogP contribution in [0.3, 0.4) is 0 Å². The Bertz CT molecular complexity index is 1270. The van der Waals surface area contributed by atoms with Gasteiger partial charge < -0.3 is 20.1 Å². The number of fused-ring (bicyclic) bond motifs is 1. The van der Waals surface area contributed by atoms with E-state index in [4.69, 9.17) is 4.74 Å². The van der Waals surface area contributed by atoms with E-state index in [1.54, 1.807) is 24.3 Å². The first-order valence-corrected chi connectivity index (χ1v) is 9.89. The summed E-state index contributed by atoms with van der Waals surface area (Å²) in [6, 6.07) is 18.1. The van der Waals surface area contributed by atoms with Crippen LogP contribution in [-0.2, 0) is 19.1 Å². The normalized spacial score (nSPS) is 14.0. The highest BCUT2D eigenvalue weighted by Gasteiger charge is 2.21. The highest BCUT2D eigenvalue weighted by atomic mass is 16.5. The van der Waals surface area contributed by atoms with E-state index in [0.29, 0.717) is 22.9 Å². The number of aromatic nitrogens is 1. The van der Waals surface area contributed by atoms with Crippen molar-refractivity contribution in [3.8, 4) is 0 Å². The molecule has 3 N–H and O–H groups in total. The molecule has 1 aromatic heterocycles. The first-order valence-electron chi connectivity index (χ1n) is 9.89. The molecule has 3 aromatic rings. The molecule has 166 valence electrons. The quantitative estimate of drug-likeness (QED) is 0.273. The monoisotopic (exact) mass is 445 g/mol. The van der Waals surface area contributed by atoms with Crippen molar-refractivity contribution in [1.82, 2.24) is 10.3 Å². The van der Waals surface area contributed by atoms with Crippen LogP contribution in [0.2, 0.25) is 0 Å². The lowest BCUT2D eigenvalue weighted by Crippen LogP contribution is -2.32. The van der Waals surface area contributed by atoms with Crippen LogP contribution in [0.5, 0.6) is 0 Å². The Morgan fingerprint density at radius 1 is 1.12 bits per heavy atom. The number of aliphatic carboxylic acids is 1. The Morgan fingerprint density at radius 3 is 2.70 bits per heavy atom. The number of carboxylic acids is 1. The molecular weight excluding hydrogens is 426 g/mol. The molecule has 2 heterocycles. The van der Waals surface area contributed by atoms with Crippen molar-refractivity contribution in [2.45, 2.75) is 0 Å². The fourth-order valence-electron chi connectivity index (χ4n) is 3.29. The van der Waals surface area contributed by atoms with Gasteiger partial charge in [-0.05, 0) is 30.3 Å². The Morgan fingerprint density at radius 2 is 1.94 bits per heavy atom. The summed E-state index contributed by atoms with van der Waals surface area (Å²) >= 11 is 0. The van der Waals surface area contributed by atoms with Gasteiger partial charge in [0.25, 0.3) is 12.4 Å². The van der Waals surface area contributed by atoms with Crippen LogP contribution in [0, 0.1) is 0 Å². The van der Waals surface area contributed by atoms with Crippen molar-refractivity contribution in [3.05, 3.63) is 72.1 Å². The molecule has 1 aliphatic heterocycles. The zero-order chi connectivity index (χ0) is 23.2. The van der Waals surface area contributed by atoms with Crippen molar-refractivity contribution >= 4 is 52.7 Å². The van der Waals surface area contributed by atoms with Gasteiger partial charge in [0, 0.05) is 11.1 Å². The van der Waals surface area contributed by atoms with Crippen LogP contribution in [0.4, 0.5) is 11.4 Å². The number of carbonyl (C=O) groups is 3. The third kappa shape index (κ3) is 5.13. The molecule has 0 atom stereocenters. The lowest BCUT2D eigenvalue weighted by molar-refractivity contribution is -0.136. The lowest BCUT2D eigenvalue weighted by Gasteiger charge is -2.22. The van der Waals surface area contributed by atoms with Gasteiger partial charge in [-0.2, -0.15) is 0 Å². The Balaban J connectivity index is 1.66. The minimum absolute atomic E-state index is 0.171. The van der Waals surface area contributed by atoms with Crippen LogP contribution in [0.25, 0.3) is 17.0 Å². The number of para-hydroxylation sites is 2.